The number of hydrogen-bond donors (Lipinski definition) is 1. The van der Waals surface area contributed by atoms with Crippen LogP contribution in [0.25, 0.3) is 0 Å². The molecule has 1 N–H and O–H groups in total. The first-order valence-electron chi connectivity index (χ1n) is 6.58. The number of nitrogens with one attached hydrogen (secondary N) is 1. The lowest BCUT2D eigenvalue weighted by Gasteiger charge is -2.18. The fraction of sp³-hybridized carbons (Fsp3) is 0.333. The van der Waals surface area contributed by atoms with Gasteiger partial charge in [-0.15, -0.1) is 11.3 Å². The smallest absolute Gasteiger partial charge is 0.322 e. The number of thiazole rings is 1. The molecule has 1 aromatic heterocycles. The van der Waals surface area contributed by atoms with Crippen molar-refractivity contribution in [3.8, 4) is 0 Å². The second-order valence-corrected chi connectivity index (χ2v) is 5.77. The van der Waals surface area contributed by atoms with Gasteiger partial charge in [0.1, 0.15) is 6.04 Å². The molecule has 2 heterocycles. The van der Waals surface area contributed by atoms with Crippen LogP contribution in [0.5, 0.6) is 0 Å². The van der Waals surface area contributed by atoms with Gasteiger partial charge in [-0.05, 0) is 12.0 Å². The normalized spacial score (nSPS) is 25.6. The van der Waals surface area contributed by atoms with Crippen LogP contribution in [-0.2, 0) is 9.53 Å². The molecule has 1 saturated heterocycles. The Morgan fingerprint density at radius 2 is 2.20 bits per heavy atom. The van der Waals surface area contributed by atoms with E-state index in [-0.39, 0.29) is 24.0 Å². The standard InChI is InChI=1S/C15H16N2O2S/c1-19-15(18)12-9-11(14-16-7-8-20-14)13(17-12)10-5-3-2-4-6-10/h2-8,11-13,17H,9H2,1H3/t11-,12+,13+/m0/s1. The van der Waals surface area contributed by atoms with Gasteiger partial charge in [-0.2, -0.15) is 0 Å². The zero-order valence-corrected chi connectivity index (χ0v) is 12.0. The molecule has 5 heteroatoms. The first kappa shape index (κ1) is 13.3. The minimum absolute atomic E-state index is 0.103. The largest absolute Gasteiger partial charge is 0.468 e. The Morgan fingerprint density at radius 1 is 1.40 bits per heavy atom. The molecule has 2 aromatic rings. The summed E-state index contributed by atoms with van der Waals surface area (Å²) in [6, 6.07) is 10.0. The van der Waals surface area contributed by atoms with Crippen molar-refractivity contribution in [1.29, 1.82) is 0 Å². The van der Waals surface area contributed by atoms with E-state index >= 15 is 0 Å². The van der Waals surface area contributed by atoms with E-state index in [0.29, 0.717) is 0 Å². The predicted octanol–water partition coefficient (Wildman–Crippen LogP) is 2.50. The van der Waals surface area contributed by atoms with Crippen LogP contribution in [0.3, 0.4) is 0 Å². The Labute approximate surface area is 121 Å². The molecule has 104 valence electrons. The van der Waals surface area contributed by atoms with Crippen molar-refractivity contribution < 1.29 is 9.53 Å². The van der Waals surface area contributed by atoms with E-state index in [0.717, 1.165) is 11.4 Å². The molecule has 0 aliphatic carbocycles. The van der Waals surface area contributed by atoms with Crippen LogP contribution in [0.15, 0.2) is 41.9 Å². The predicted molar refractivity (Wildman–Crippen MR) is 77.6 cm³/mol. The second kappa shape index (κ2) is 5.73. The first-order valence-corrected chi connectivity index (χ1v) is 7.46. The van der Waals surface area contributed by atoms with Crippen molar-refractivity contribution in [3.05, 3.63) is 52.5 Å². The zero-order chi connectivity index (χ0) is 13.9. The molecule has 1 fully saturated rings. The minimum atomic E-state index is -0.265. The summed E-state index contributed by atoms with van der Waals surface area (Å²) in [7, 11) is 1.43. The van der Waals surface area contributed by atoms with Crippen molar-refractivity contribution in [2.75, 3.05) is 7.11 Å². The summed E-state index contributed by atoms with van der Waals surface area (Å²) in [5.74, 6) is 0.00601. The summed E-state index contributed by atoms with van der Waals surface area (Å²) in [6.45, 7) is 0. The maximum absolute atomic E-state index is 11.8. The van der Waals surface area contributed by atoms with Gasteiger partial charge in [-0.1, -0.05) is 30.3 Å². The van der Waals surface area contributed by atoms with E-state index < -0.39 is 0 Å². The number of esters is 1. The molecule has 0 unspecified atom stereocenters. The molecule has 20 heavy (non-hydrogen) atoms. The monoisotopic (exact) mass is 288 g/mol. The number of methoxy groups -OCH3 is 1. The molecule has 1 aromatic carbocycles. The Bertz CT molecular complexity index is 571. The Balaban J connectivity index is 1.91. The maximum atomic E-state index is 11.8. The van der Waals surface area contributed by atoms with Gasteiger partial charge < -0.3 is 4.74 Å². The molecule has 0 amide bonds. The van der Waals surface area contributed by atoms with Crippen molar-refractivity contribution >= 4 is 17.3 Å². The fourth-order valence-electron chi connectivity index (χ4n) is 2.75. The van der Waals surface area contributed by atoms with Crippen LogP contribution >= 0.6 is 11.3 Å². The third kappa shape index (κ3) is 2.46. The van der Waals surface area contributed by atoms with E-state index in [4.69, 9.17) is 4.74 Å². The first-order chi connectivity index (χ1) is 9.79. The van der Waals surface area contributed by atoms with Gasteiger partial charge in [0, 0.05) is 23.5 Å². The molecule has 3 rings (SSSR count). The van der Waals surface area contributed by atoms with Crippen molar-refractivity contribution in [2.24, 2.45) is 0 Å². The third-order valence-electron chi connectivity index (χ3n) is 3.69. The van der Waals surface area contributed by atoms with E-state index in [1.807, 2.05) is 29.8 Å². The SMILES string of the molecule is COC(=O)[C@H]1C[C@H](c2nccs2)[C@@H](c2ccccc2)N1. The summed E-state index contributed by atoms with van der Waals surface area (Å²) in [4.78, 5) is 16.2. The van der Waals surface area contributed by atoms with Crippen molar-refractivity contribution in [1.82, 2.24) is 10.3 Å². The van der Waals surface area contributed by atoms with Gasteiger partial charge in [0.2, 0.25) is 0 Å². The Hall–Kier alpha value is -1.72. The zero-order valence-electron chi connectivity index (χ0n) is 11.2. The van der Waals surface area contributed by atoms with Crippen LogP contribution in [0.2, 0.25) is 0 Å². The molecular weight excluding hydrogens is 272 g/mol. The fourth-order valence-corrected chi connectivity index (χ4v) is 3.54. The Kier molecular flexibility index (Phi) is 3.80. The number of aromatic nitrogens is 1. The topological polar surface area (TPSA) is 51.2 Å². The van der Waals surface area contributed by atoms with Crippen LogP contribution < -0.4 is 5.32 Å². The van der Waals surface area contributed by atoms with Crippen LogP contribution in [0.1, 0.15) is 29.0 Å². The number of nitrogens with zero attached hydrogens (tertiary/aromatic N) is 1. The van der Waals surface area contributed by atoms with Crippen molar-refractivity contribution in [3.63, 3.8) is 0 Å². The van der Waals surface area contributed by atoms with Gasteiger partial charge in [0.15, 0.2) is 0 Å². The van der Waals surface area contributed by atoms with Crippen molar-refractivity contribution in [2.45, 2.75) is 24.4 Å². The summed E-state index contributed by atoms with van der Waals surface area (Å²) in [6.07, 6.45) is 2.53. The number of carbonyl (C=O) groups excluding carboxylic acids is 1. The summed E-state index contributed by atoms with van der Waals surface area (Å²) in [5, 5.41) is 6.43. The third-order valence-corrected chi connectivity index (χ3v) is 4.59. The highest BCUT2D eigenvalue weighted by Crippen LogP contribution is 2.41. The van der Waals surface area contributed by atoms with Gasteiger partial charge in [0.25, 0.3) is 0 Å². The average molecular weight is 288 g/mol. The molecule has 3 atom stereocenters. The number of rotatable bonds is 3. The van der Waals surface area contributed by atoms with Gasteiger partial charge in [0.05, 0.1) is 12.1 Å². The maximum Gasteiger partial charge on any atom is 0.322 e. The molecule has 0 saturated carbocycles. The number of hydrogen-bond acceptors (Lipinski definition) is 5. The van der Waals surface area contributed by atoms with Gasteiger partial charge in [-0.3, -0.25) is 10.1 Å². The lowest BCUT2D eigenvalue weighted by molar-refractivity contribution is -0.142. The molecule has 0 bridgehead atoms. The molecule has 0 spiro atoms. The number of ether oxygens (including phenoxy) is 1. The average Bonchev–Trinajstić information content (AvgIpc) is 3.16. The van der Waals surface area contributed by atoms with Gasteiger partial charge in [-0.25, -0.2) is 4.98 Å². The van der Waals surface area contributed by atoms with Gasteiger partial charge >= 0.3 is 5.97 Å². The summed E-state index contributed by atoms with van der Waals surface area (Å²) in [5.41, 5.74) is 1.18. The molecule has 1 aliphatic rings. The van der Waals surface area contributed by atoms with Crippen LogP contribution in [-0.4, -0.2) is 24.1 Å². The molecule has 1 aliphatic heterocycles. The highest BCUT2D eigenvalue weighted by atomic mass is 32.1. The molecule has 0 radical (unpaired) electrons. The lowest BCUT2D eigenvalue weighted by Crippen LogP contribution is -2.33. The Morgan fingerprint density at radius 3 is 2.85 bits per heavy atom. The summed E-state index contributed by atoms with van der Waals surface area (Å²) >= 11 is 1.64. The number of carbonyl (C=O) groups is 1. The molecule has 4 nitrogen and oxygen atoms in total. The molecular formula is C15H16N2O2S. The van der Waals surface area contributed by atoms with E-state index in [2.05, 4.69) is 22.4 Å². The quantitative estimate of drug-likeness (QED) is 0.882. The van der Waals surface area contributed by atoms with E-state index in [1.54, 1.807) is 11.3 Å². The second-order valence-electron chi connectivity index (χ2n) is 4.84. The van der Waals surface area contributed by atoms with Crippen LogP contribution in [0, 0.1) is 0 Å². The van der Waals surface area contributed by atoms with E-state index in [9.17, 15) is 4.79 Å². The number of benzene rings is 1. The van der Waals surface area contributed by atoms with Crippen LogP contribution in [0.4, 0.5) is 0 Å². The highest BCUT2D eigenvalue weighted by molar-refractivity contribution is 7.09. The lowest BCUT2D eigenvalue weighted by atomic mass is 9.94. The highest BCUT2D eigenvalue weighted by Gasteiger charge is 2.40. The van der Waals surface area contributed by atoms with E-state index in [1.165, 1.54) is 12.7 Å². The minimum Gasteiger partial charge on any atom is -0.468 e. The summed E-state index contributed by atoms with van der Waals surface area (Å²) < 4.78 is 4.87.